The van der Waals surface area contributed by atoms with Gasteiger partial charge in [0, 0.05) is 24.3 Å². The van der Waals surface area contributed by atoms with Crippen LogP contribution in [0.4, 0.5) is 5.69 Å². The predicted molar refractivity (Wildman–Crippen MR) is 149 cm³/mol. The molecule has 1 nitrogen and oxygen atoms in total. The summed E-state index contributed by atoms with van der Waals surface area (Å²) in [6.07, 6.45) is 13.1. The van der Waals surface area contributed by atoms with Crippen LogP contribution >= 0.6 is 7.92 Å². The normalized spacial score (nSPS) is 11.3. The Bertz CT molecular complexity index is 714. The van der Waals surface area contributed by atoms with Crippen LogP contribution in [0, 0.1) is 13.8 Å². The van der Waals surface area contributed by atoms with E-state index in [4.69, 9.17) is 0 Å². The zero-order valence-electron chi connectivity index (χ0n) is 21.8. The highest BCUT2D eigenvalue weighted by molar-refractivity contribution is 7.65. The van der Waals surface area contributed by atoms with Crippen LogP contribution in [0.5, 0.6) is 0 Å². The van der Waals surface area contributed by atoms with Crippen molar-refractivity contribution < 1.29 is 0 Å². The van der Waals surface area contributed by atoms with Crippen LogP contribution in [0.1, 0.15) is 90.2 Å². The first-order chi connectivity index (χ1) is 15.6. The summed E-state index contributed by atoms with van der Waals surface area (Å²) in [6.45, 7) is 16.3. The van der Waals surface area contributed by atoms with Gasteiger partial charge in [0.15, 0.2) is 0 Å². The van der Waals surface area contributed by atoms with Crippen molar-refractivity contribution in [1.82, 2.24) is 0 Å². The van der Waals surface area contributed by atoms with E-state index in [1.165, 1.54) is 86.1 Å². The maximum Gasteiger partial charge on any atom is 0.0448 e. The Hall–Kier alpha value is -1.33. The molecule has 0 aromatic heterocycles. The second kappa shape index (κ2) is 14.7. The van der Waals surface area contributed by atoms with Crippen LogP contribution in [0.2, 0.25) is 0 Å². The lowest BCUT2D eigenvalue weighted by Crippen LogP contribution is -2.27. The van der Waals surface area contributed by atoms with E-state index >= 15 is 0 Å². The molecule has 0 aliphatic carbocycles. The van der Waals surface area contributed by atoms with Gasteiger partial charge in [-0.15, -0.1) is 0 Å². The molecule has 2 rings (SSSR count). The van der Waals surface area contributed by atoms with Crippen molar-refractivity contribution in [2.24, 2.45) is 0 Å². The molecule has 2 aromatic rings. The minimum atomic E-state index is -0.113. The highest BCUT2D eigenvalue weighted by Crippen LogP contribution is 2.44. The molecule has 0 bridgehead atoms. The van der Waals surface area contributed by atoms with Crippen LogP contribution in [-0.2, 0) is 0 Å². The van der Waals surface area contributed by atoms with Crippen molar-refractivity contribution in [3.63, 3.8) is 0 Å². The third-order valence-electron chi connectivity index (χ3n) is 6.56. The van der Waals surface area contributed by atoms with Crippen molar-refractivity contribution in [3.8, 4) is 11.1 Å². The van der Waals surface area contributed by atoms with Crippen LogP contribution in [0.25, 0.3) is 11.1 Å². The minimum Gasteiger partial charge on any atom is -0.371 e. The second-order valence-corrected chi connectivity index (χ2v) is 11.8. The molecule has 0 radical (unpaired) electrons. The lowest BCUT2D eigenvalue weighted by Gasteiger charge is -2.31. The van der Waals surface area contributed by atoms with Gasteiger partial charge >= 0.3 is 0 Å². The summed E-state index contributed by atoms with van der Waals surface area (Å²) in [6, 6.07) is 14.1. The fourth-order valence-electron chi connectivity index (χ4n) is 4.58. The first-order valence-corrected chi connectivity index (χ1v) is 15.0. The summed E-state index contributed by atoms with van der Waals surface area (Å²) >= 11 is 0. The van der Waals surface area contributed by atoms with Gasteiger partial charge in [-0.3, -0.25) is 0 Å². The first-order valence-electron chi connectivity index (χ1n) is 13.3. The zero-order valence-corrected chi connectivity index (χ0v) is 22.7. The van der Waals surface area contributed by atoms with Gasteiger partial charge in [-0.05, 0) is 79.9 Å². The summed E-state index contributed by atoms with van der Waals surface area (Å²) in [4.78, 5) is 2.69. The third kappa shape index (κ3) is 7.34. The molecule has 2 aromatic carbocycles. The Labute approximate surface area is 200 Å². The van der Waals surface area contributed by atoms with Gasteiger partial charge in [-0.25, -0.2) is 0 Å². The molecule has 0 aliphatic rings. The molecule has 0 atom stereocenters. The fourth-order valence-corrected chi connectivity index (χ4v) is 7.59. The summed E-state index contributed by atoms with van der Waals surface area (Å²) in [5, 5.41) is 1.66. The Morgan fingerprint density at radius 3 is 1.66 bits per heavy atom. The van der Waals surface area contributed by atoms with Crippen LogP contribution in [0.3, 0.4) is 0 Å². The van der Waals surface area contributed by atoms with Gasteiger partial charge in [0.05, 0.1) is 0 Å². The van der Waals surface area contributed by atoms with E-state index < -0.39 is 0 Å². The molecular weight excluding hydrogens is 405 g/mol. The zero-order chi connectivity index (χ0) is 23.3. The number of anilines is 1. The molecular formula is C30H48NP. The van der Waals surface area contributed by atoms with Crippen molar-refractivity contribution >= 4 is 18.9 Å². The van der Waals surface area contributed by atoms with Crippen molar-refractivity contribution in [3.05, 3.63) is 47.5 Å². The van der Waals surface area contributed by atoms with Gasteiger partial charge in [-0.1, -0.05) is 91.6 Å². The van der Waals surface area contributed by atoms with Gasteiger partial charge in [0.25, 0.3) is 0 Å². The van der Waals surface area contributed by atoms with Gasteiger partial charge in [0.1, 0.15) is 0 Å². The number of hydrogen-bond acceptors (Lipinski definition) is 1. The van der Waals surface area contributed by atoms with Crippen molar-refractivity contribution in [2.75, 3.05) is 30.3 Å². The second-order valence-electron chi connectivity index (χ2n) is 9.33. The lowest BCUT2D eigenvalue weighted by atomic mass is 9.94. The average molecular weight is 454 g/mol. The van der Waals surface area contributed by atoms with E-state index in [1.807, 2.05) is 0 Å². The third-order valence-corrected chi connectivity index (χ3v) is 9.33. The van der Waals surface area contributed by atoms with Gasteiger partial charge < -0.3 is 4.90 Å². The highest BCUT2D eigenvalue weighted by Gasteiger charge is 2.22. The molecule has 0 saturated carbocycles. The Balaban J connectivity index is 2.64. The highest BCUT2D eigenvalue weighted by atomic mass is 31.1. The summed E-state index contributed by atoms with van der Waals surface area (Å²) < 4.78 is 0. The molecule has 0 aliphatic heterocycles. The predicted octanol–water partition coefficient (Wildman–Crippen LogP) is 9.08. The largest absolute Gasteiger partial charge is 0.371 e. The molecule has 0 unspecified atom stereocenters. The SMILES string of the molecule is CCCCN(CCCC)c1cccc(C)c1-c1c(C)cccc1P(CCCC)CCCC. The van der Waals surface area contributed by atoms with E-state index in [0.29, 0.717) is 0 Å². The summed E-state index contributed by atoms with van der Waals surface area (Å²) in [5.74, 6) is 0. The molecule has 0 N–H and O–H groups in total. The Kier molecular flexibility index (Phi) is 12.4. The van der Waals surface area contributed by atoms with E-state index in [2.05, 4.69) is 82.8 Å². The Morgan fingerprint density at radius 1 is 0.625 bits per heavy atom. The number of rotatable bonds is 15. The minimum absolute atomic E-state index is 0.113. The van der Waals surface area contributed by atoms with Crippen molar-refractivity contribution in [2.45, 2.75) is 92.9 Å². The lowest BCUT2D eigenvalue weighted by molar-refractivity contribution is 0.678. The molecule has 0 fully saturated rings. The standard InChI is InChI=1S/C30H48NP/c1-7-11-21-31(22-12-8-2)27-19-15-17-25(5)29(27)30-26(6)18-16-20-28(30)32(23-13-9-3)24-14-10-4/h15-20H,7-14,21-24H2,1-6H3. The summed E-state index contributed by atoms with van der Waals surface area (Å²) in [7, 11) is -0.113. The molecule has 0 saturated heterocycles. The van der Waals surface area contributed by atoms with Crippen LogP contribution in [-0.4, -0.2) is 25.4 Å². The fraction of sp³-hybridized carbons (Fsp3) is 0.600. The maximum absolute atomic E-state index is 2.69. The van der Waals surface area contributed by atoms with E-state index in [1.54, 1.807) is 10.9 Å². The number of hydrogen-bond donors (Lipinski definition) is 0. The molecule has 0 amide bonds. The monoisotopic (exact) mass is 453 g/mol. The average Bonchev–Trinajstić information content (AvgIpc) is 2.80. The quantitative estimate of drug-likeness (QED) is 0.243. The van der Waals surface area contributed by atoms with E-state index in [-0.39, 0.29) is 7.92 Å². The molecule has 2 heteroatoms. The van der Waals surface area contributed by atoms with E-state index in [0.717, 1.165) is 13.1 Å². The number of unbranched alkanes of at least 4 members (excludes halogenated alkanes) is 4. The maximum atomic E-state index is 2.69. The van der Waals surface area contributed by atoms with Gasteiger partial charge in [-0.2, -0.15) is 0 Å². The summed E-state index contributed by atoms with van der Waals surface area (Å²) in [5.41, 5.74) is 7.40. The molecule has 0 spiro atoms. The molecule has 0 heterocycles. The van der Waals surface area contributed by atoms with Crippen LogP contribution in [0.15, 0.2) is 36.4 Å². The van der Waals surface area contributed by atoms with Crippen LogP contribution < -0.4 is 10.2 Å². The molecule has 178 valence electrons. The van der Waals surface area contributed by atoms with Crippen molar-refractivity contribution in [1.29, 1.82) is 0 Å². The first kappa shape index (κ1) is 26.9. The number of aryl methyl sites for hydroxylation is 2. The Morgan fingerprint density at radius 2 is 1.12 bits per heavy atom. The number of nitrogens with zero attached hydrogens (tertiary/aromatic N) is 1. The molecule has 32 heavy (non-hydrogen) atoms. The van der Waals surface area contributed by atoms with E-state index in [9.17, 15) is 0 Å². The van der Waals surface area contributed by atoms with Gasteiger partial charge in [0.2, 0.25) is 0 Å². The number of benzene rings is 2. The smallest absolute Gasteiger partial charge is 0.0448 e. The topological polar surface area (TPSA) is 3.24 Å².